The summed E-state index contributed by atoms with van der Waals surface area (Å²) in [5.41, 5.74) is -0.491. The molecule has 4 rings (SSSR count). The van der Waals surface area contributed by atoms with E-state index in [-0.39, 0.29) is 0 Å². The van der Waals surface area contributed by atoms with Crippen molar-refractivity contribution >= 4 is 45.0 Å². The number of carbonyl (C=O) groups is 3. The molecule has 1 N–H and O–H groups in total. The Hall–Kier alpha value is -2.21. The van der Waals surface area contributed by atoms with Crippen LogP contribution in [0.2, 0.25) is 0 Å². The second-order valence-electron chi connectivity index (χ2n) is 5.12. The van der Waals surface area contributed by atoms with Gasteiger partial charge in [0.05, 0.1) is 5.69 Å². The third-order valence-electron chi connectivity index (χ3n) is 3.91. The number of rotatable bonds is 1. The predicted octanol–water partition coefficient (Wildman–Crippen LogP) is 2.26. The summed E-state index contributed by atoms with van der Waals surface area (Å²) in [6.45, 7) is 0. The molecule has 1 aliphatic heterocycles. The number of carbonyl (C=O) groups excluding carboxylic acids is 3. The quantitative estimate of drug-likeness (QED) is 0.818. The van der Waals surface area contributed by atoms with Crippen molar-refractivity contribution < 1.29 is 14.4 Å². The molecule has 1 saturated carbocycles. The SMILES string of the molecule is O=C1NC(=O)C2(CC2)C(=O)N1c1ccc2sccc2c1. The van der Waals surface area contributed by atoms with Crippen molar-refractivity contribution in [3.8, 4) is 0 Å². The molecular formula is C14H10N2O3S. The van der Waals surface area contributed by atoms with Crippen LogP contribution in [-0.2, 0) is 9.59 Å². The van der Waals surface area contributed by atoms with Gasteiger partial charge in [-0.1, -0.05) is 0 Å². The summed E-state index contributed by atoms with van der Waals surface area (Å²) < 4.78 is 1.09. The van der Waals surface area contributed by atoms with E-state index in [0.717, 1.165) is 15.0 Å². The molecule has 2 aliphatic rings. The molecule has 1 aliphatic carbocycles. The van der Waals surface area contributed by atoms with E-state index in [2.05, 4.69) is 5.32 Å². The van der Waals surface area contributed by atoms with Crippen LogP contribution in [0.25, 0.3) is 10.1 Å². The molecule has 1 spiro atoms. The fraction of sp³-hybridized carbons (Fsp3) is 0.214. The number of nitrogens with one attached hydrogen (secondary N) is 1. The monoisotopic (exact) mass is 286 g/mol. The molecule has 1 aromatic carbocycles. The van der Waals surface area contributed by atoms with Gasteiger partial charge in [-0.05, 0) is 47.9 Å². The first-order chi connectivity index (χ1) is 9.62. The van der Waals surface area contributed by atoms with Crippen molar-refractivity contribution in [3.05, 3.63) is 29.6 Å². The van der Waals surface area contributed by atoms with E-state index in [1.165, 1.54) is 0 Å². The van der Waals surface area contributed by atoms with Crippen LogP contribution >= 0.6 is 11.3 Å². The van der Waals surface area contributed by atoms with Crippen molar-refractivity contribution in [2.75, 3.05) is 4.90 Å². The van der Waals surface area contributed by atoms with Gasteiger partial charge in [0.2, 0.25) is 5.91 Å². The van der Waals surface area contributed by atoms with E-state index >= 15 is 0 Å². The number of hydrogen-bond acceptors (Lipinski definition) is 4. The molecule has 2 aromatic rings. The van der Waals surface area contributed by atoms with Crippen molar-refractivity contribution in [3.63, 3.8) is 0 Å². The summed E-state index contributed by atoms with van der Waals surface area (Å²) in [5.74, 6) is -0.860. The van der Waals surface area contributed by atoms with E-state index in [4.69, 9.17) is 0 Å². The van der Waals surface area contributed by atoms with E-state index in [1.807, 2.05) is 17.5 Å². The number of thiophene rings is 1. The van der Waals surface area contributed by atoms with Crippen molar-refractivity contribution in [1.29, 1.82) is 0 Å². The lowest BCUT2D eigenvalue weighted by Gasteiger charge is -2.30. The summed E-state index contributed by atoms with van der Waals surface area (Å²) in [5, 5.41) is 5.22. The zero-order chi connectivity index (χ0) is 13.9. The van der Waals surface area contributed by atoms with Crippen molar-refractivity contribution in [2.45, 2.75) is 12.8 Å². The lowest BCUT2D eigenvalue weighted by Crippen LogP contribution is -2.59. The summed E-state index contributed by atoms with van der Waals surface area (Å²) in [7, 11) is 0. The zero-order valence-electron chi connectivity index (χ0n) is 10.4. The van der Waals surface area contributed by atoms with Gasteiger partial charge < -0.3 is 0 Å². The molecule has 20 heavy (non-hydrogen) atoms. The topological polar surface area (TPSA) is 66.5 Å². The Morgan fingerprint density at radius 2 is 1.95 bits per heavy atom. The maximum absolute atomic E-state index is 12.5. The fourth-order valence-electron chi connectivity index (χ4n) is 2.57. The molecule has 0 radical (unpaired) electrons. The first kappa shape index (κ1) is 11.6. The third kappa shape index (κ3) is 1.39. The summed E-state index contributed by atoms with van der Waals surface area (Å²) in [6.07, 6.45) is 1.03. The Morgan fingerprint density at radius 1 is 1.15 bits per heavy atom. The van der Waals surface area contributed by atoms with Crippen molar-refractivity contribution in [1.82, 2.24) is 5.32 Å². The van der Waals surface area contributed by atoms with Gasteiger partial charge in [-0.3, -0.25) is 14.9 Å². The lowest BCUT2D eigenvalue weighted by atomic mass is 10.0. The van der Waals surface area contributed by atoms with Crippen LogP contribution in [0.4, 0.5) is 10.5 Å². The fourth-order valence-corrected chi connectivity index (χ4v) is 3.34. The van der Waals surface area contributed by atoms with Gasteiger partial charge in [0.15, 0.2) is 0 Å². The van der Waals surface area contributed by atoms with Crippen LogP contribution in [0.15, 0.2) is 29.6 Å². The predicted molar refractivity (Wildman–Crippen MR) is 74.5 cm³/mol. The van der Waals surface area contributed by atoms with E-state index in [9.17, 15) is 14.4 Å². The minimum atomic E-state index is -1.00. The second kappa shape index (κ2) is 3.67. The smallest absolute Gasteiger partial charge is 0.276 e. The van der Waals surface area contributed by atoms with Crippen LogP contribution in [0.3, 0.4) is 0 Å². The van der Waals surface area contributed by atoms with Gasteiger partial charge in [0, 0.05) is 4.70 Å². The number of amides is 4. The van der Waals surface area contributed by atoms with Crippen LogP contribution < -0.4 is 10.2 Å². The molecule has 6 heteroatoms. The van der Waals surface area contributed by atoms with Gasteiger partial charge >= 0.3 is 6.03 Å². The average Bonchev–Trinajstić information content (AvgIpc) is 3.10. The van der Waals surface area contributed by atoms with Gasteiger partial charge in [-0.15, -0.1) is 11.3 Å². The molecular weight excluding hydrogens is 276 g/mol. The van der Waals surface area contributed by atoms with Gasteiger partial charge in [-0.25, -0.2) is 9.69 Å². The van der Waals surface area contributed by atoms with Gasteiger partial charge in [0.25, 0.3) is 5.91 Å². The zero-order valence-corrected chi connectivity index (χ0v) is 11.2. The maximum Gasteiger partial charge on any atom is 0.335 e. The van der Waals surface area contributed by atoms with Crippen LogP contribution in [0, 0.1) is 5.41 Å². The number of fused-ring (bicyclic) bond motifs is 1. The van der Waals surface area contributed by atoms with Crippen molar-refractivity contribution in [2.24, 2.45) is 5.41 Å². The van der Waals surface area contributed by atoms with Crippen LogP contribution in [0.5, 0.6) is 0 Å². The Kier molecular flexibility index (Phi) is 2.13. The molecule has 0 bridgehead atoms. The molecule has 0 atom stereocenters. The molecule has 2 heterocycles. The summed E-state index contributed by atoms with van der Waals surface area (Å²) in [4.78, 5) is 37.3. The average molecular weight is 286 g/mol. The highest BCUT2D eigenvalue weighted by Gasteiger charge is 2.62. The number of hydrogen-bond donors (Lipinski definition) is 1. The largest absolute Gasteiger partial charge is 0.335 e. The first-order valence-corrected chi connectivity index (χ1v) is 7.17. The lowest BCUT2D eigenvalue weighted by molar-refractivity contribution is -0.136. The highest BCUT2D eigenvalue weighted by molar-refractivity contribution is 7.17. The minimum Gasteiger partial charge on any atom is -0.276 e. The molecule has 4 amide bonds. The molecule has 0 unspecified atom stereocenters. The number of anilines is 1. The molecule has 5 nitrogen and oxygen atoms in total. The Labute approximate surface area is 118 Å². The van der Waals surface area contributed by atoms with Gasteiger partial charge in [-0.2, -0.15) is 0 Å². The Bertz CT molecular complexity index is 776. The minimum absolute atomic E-state index is 0.402. The summed E-state index contributed by atoms with van der Waals surface area (Å²) >= 11 is 1.60. The van der Waals surface area contributed by atoms with E-state index in [1.54, 1.807) is 23.5 Å². The third-order valence-corrected chi connectivity index (χ3v) is 4.81. The molecule has 100 valence electrons. The summed E-state index contributed by atoms with van der Waals surface area (Å²) in [6, 6.07) is 6.70. The number of urea groups is 1. The highest BCUT2D eigenvalue weighted by Crippen LogP contribution is 2.49. The standard InChI is InChI=1S/C14H10N2O3S/c17-11-14(4-5-14)12(18)16(13(19)15-11)9-1-2-10-8(7-9)3-6-20-10/h1-3,6-7H,4-5H2,(H,15,17,19). The number of nitrogens with zero attached hydrogens (tertiary/aromatic N) is 1. The van der Waals surface area contributed by atoms with Gasteiger partial charge in [0.1, 0.15) is 5.41 Å². The normalized spacial score (nSPS) is 20.6. The first-order valence-electron chi connectivity index (χ1n) is 6.29. The molecule has 1 saturated heterocycles. The Morgan fingerprint density at radius 3 is 2.70 bits per heavy atom. The van der Waals surface area contributed by atoms with E-state index < -0.39 is 23.3 Å². The van der Waals surface area contributed by atoms with Crippen LogP contribution in [0.1, 0.15) is 12.8 Å². The molecule has 2 fully saturated rings. The number of barbiturate groups is 1. The Balaban J connectivity index is 1.81. The highest BCUT2D eigenvalue weighted by atomic mass is 32.1. The second-order valence-corrected chi connectivity index (χ2v) is 6.07. The van der Waals surface area contributed by atoms with Crippen LogP contribution in [-0.4, -0.2) is 17.8 Å². The number of benzene rings is 1. The van der Waals surface area contributed by atoms with E-state index in [0.29, 0.717) is 18.5 Å². The molecule has 1 aromatic heterocycles. The number of imide groups is 2. The maximum atomic E-state index is 12.5.